The van der Waals surface area contributed by atoms with E-state index in [4.69, 9.17) is 4.74 Å². The zero-order chi connectivity index (χ0) is 16.9. The zero-order valence-electron chi connectivity index (χ0n) is 12.7. The summed E-state index contributed by atoms with van der Waals surface area (Å²) in [6, 6.07) is 10.8. The summed E-state index contributed by atoms with van der Waals surface area (Å²) in [4.78, 5) is 19.3. The molecule has 1 heterocycles. The summed E-state index contributed by atoms with van der Waals surface area (Å²) in [5.41, 5.74) is 1.82. The van der Waals surface area contributed by atoms with Crippen LogP contribution in [0.1, 0.15) is 5.82 Å². The molecule has 3 rings (SSSR count). The van der Waals surface area contributed by atoms with Crippen LogP contribution in [-0.2, 0) is 11.2 Å². The third-order valence-corrected chi connectivity index (χ3v) is 3.38. The highest BCUT2D eigenvalue weighted by molar-refractivity contribution is 5.77. The number of H-pyrrole nitrogens is 1. The van der Waals surface area contributed by atoms with Gasteiger partial charge in [-0.15, -0.1) is 0 Å². The van der Waals surface area contributed by atoms with Gasteiger partial charge in [0, 0.05) is 19.0 Å². The number of para-hydroxylation sites is 2. The molecule has 0 saturated carbocycles. The molecule has 7 heteroatoms. The Balaban J connectivity index is 1.44. The van der Waals surface area contributed by atoms with Crippen LogP contribution in [0.5, 0.6) is 5.75 Å². The van der Waals surface area contributed by atoms with Crippen LogP contribution in [0.25, 0.3) is 11.0 Å². The fourth-order valence-corrected chi connectivity index (χ4v) is 2.21. The van der Waals surface area contributed by atoms with Crippen molar-refractivity contribution >= 4 is 16.9 Å². The molecule has 0 aliphatic heterocycles. The van der Waals surface area contributed by atoms with E-state index >= 15 is 0 Å². The molecule has 0 unspecified atom stereocenters. The highest BCUT2D eigenvalue weighted by Gasteiger charge is 2.07. The van der Waals surface area contributed by atoms with Gasteiger partial charge in [0.2, 0.25) is 0 Å². The van der Waals surface area contributed by atoms with E-state index in [-0.39, 0.29) is 18.3 Å². The van der Waals surface area contributed by atoms with E-state index in [1.165, 1.54) is 6.07 Å². The molecule has 0 spiro atoms. The van der Waals surface area contributed by atoms with Crippen molar-refractivity contribution in [1.29, 1.82) is 0 Å². The summed E-state index contributed by atoms with van der Waals surface area (Å²) in [7, 11) is 0. The van der Waals surface area contributed by atoms with Gasteiger partial charge in [0.25, 0.3) is 5.91 Å². The van der Waals surface area contributed by atoms with Crippen LogP contribution in [0.2, 0.25) is 0 Å². The van der Waals surface area contributed by atoms with Gasteiger partial charge < -0.3 is 15.0 Å². The summed E-state index contributed by atoms with van der Waals surface area (Å²) < 4.78 is 30.9. The maximum absolute atomic E-state index is 13.0. The van der Waals surface area contributed by atoms with E-state index in [0.717, 1.165) is 29.0 Å². The lowest BCUT2D eigenvalue weighted by Crippen LogP contribution is -2.30. The first kappa shape index (κ1) is 15.9. The Hall–Kier alpha value is -2.96. The summed E-state index contributed by atoms with van der Waals surface area (Å²) in [5, 5.41) is 2.68. The Morgan fingerprint density at radius 1 is 1.17 bits per heavy atom. The van der Waals surface area contributed by atoms with Crippen molar-refractivity contribution in [1.82, 2.24) is 15.3 Å². The number of rotatable bonds is 6. The Bertz CT molecular complexity index is 831. The predicted octanol–water partition coefficient (Wildman–Crippen LogP) is 2.58. The number of fused-ring (bicyclic) bond motifs is 1. The second-order valence-corrected chi connectivity index (χ2v) is 5.17. The van der Waals surface area contributed by atoms with Gasteiger partial charge in [0.05, 0.1) is 11.0 Å². The van der Waals surface area contributed by atoms with E-state index in [9.17, 15) is 13.6 Å². The maximum Gasteiger partial charge on any atom is 0.257 e. The molecule has 0 aliphatic carbocycles. The molecule has 0 atom stereocenters. The molecule has 124 valence electrons. The summed E-state index contributed by atoms with van der Waals surface area (Å²) in [5.74, 6) is -1.45. The smallest absolute Gasteiger partial charge is 0.257 e. The molecular weight excluding hydrogens is 316 g/mol. The standard InChI is InChI=1S/C17H15F2N3O2/c18-12-6-5-11(9-13(12)19)24-10-17(23)20-8-7-16-21-14-3-1-2-4-15(14)22-16/h1-6,9H,7-8,10H2,(H,20,23)(H,21,22). The van der Waals surface area contributed by atoms with E-state index < -0.39 is 11.6 Å². The van der Waals surface area contributed by atoms with Crippen LogP contribution < -0.4 is 10.1 Å². The first-order chi connectivity index (χ1) is 11.6. The first-order valence-electron chi connectivity index (χ1n) is 7.40. The lowest BCUT2D eigenvalue weighted by atomic mass is 10.3. The minimum atomic E-state index is -1.02. The largest absolute Gasteiger partial charge is 0.484 e. The average molecular weight is 331 g/mol. The van der Waals surface area contributed by atoms with Gasteiger partial charge in [-0.1, -0.05) is 12.1 Å². The summed E-state index contributed by atoms with van der Waals surface area (Å²) in [6.45, 7) is 0.116. The maximum atomic E-state index is 13.0. The van der Waals surface area contributed by atoms with Crippen molar-refractivity contribution in [2.45, 2.75) is 6.42 Å². The van der Waals surface area contributed by atoms with Gasteiger partial charge in [-0.25, -0.2) is 13.8 Å². The molecule has 24 heavy (non-hydrogen) atoms. The van der Waals surface area contributed by atoms with E-state index in [1.807, 2.05) is 24.3 Å². The number of carbonyl (C=O) groups excluding carboxylic acids is 1. The molecule has 1 aromatic heterocycles. The number of nitrogens with zero attached hydrogens (tertiary/aromatic N) is 1. The monoisotopic (exact) mass is 331 g/mol. The van der Waals surface area contributed by atoms with Gasteiger partial charge in [-0.05, 0) is 24.3 Å². The summed E-state index contributed by atoms with van der Waals surface area (Å²) >= 11 is 0. The van der Waals surface area contributed by atoms with Crippen molar-refractivity contribution in [3.05, 3.63) is 59.9 Å². The van der Waals surface area contributed by atoms with Crippen LogP contribution >= 0.6 is 0 Å². The zero-order valence-corrected chi connectivity index (χ0v) is 12.7. The lowest BCUT2D eigenvalue weighted by Gasteiger charge is -2.07. The van der Waals surface area contributed by atoms with Gasteiger partial charge in [-0.2, -0.15) is 0 Å². The van der Waals surface area contributed by atoms with Gasteiger partial charge in [0.15, 0.2) is 18.2 Å². The molecular formula is C17H15F2N3O2. The van der Waals surface area contributed by atoms with Crippen LogP contribution in [0.15, 0.2) is 42.5 Å². The number of imidazole rings is 1. The third kappa shape index (κ3) is 3.87. The number of aromatic nitrogens is 2. The van der Waals surface area contributed by atoms with E-state index in [2.05, 4.69) is 15.3 Å². The number of amides is 1. The first-order valence-corrected chi connectivity index (χ1v) is 7.40. The number of hydrogen-bond acceptors (Lipinski definition) is 3. The molecule has 5 nitrogen and oxygen atoms in total. The minimum absolute atomic E-state index is 0.0985. The predicted molar refractivity (Wildman–Crippen MR) is 84.7 cm³/mol. The molecule has 2 aromatic carbocycles. The number of benzene rings is 2. The molecule has 0 bridgehead atoms. The number of carbonyl (C=O) groups is 1. The Morgan fingerprint density at radius 2 is 2.00 bits per heavy atom. The fourth-order valence-electron chi connectivity index (χ4n) is 2.21. The summed E-state index contributed by atoms with van der Waals surface area (Å²) in [6.07, 6.45) is 0.547. The van der Waals surface area contributed by atoms with Gasteiger partial charge in [-0.3, -0.25) is 4.79 Å². The van der Waals surface area contributed by atoms with Crippen molar-refractivity contribution < 1.29 is 18.3 Å². The Kier molecular flexibility index (Phi) is 4.69. The van der Waals surface area contributed by atoms with Crippen LogP contribution in [0.3, 0.4) is 0 Å². The minimum Gasteiger partial charge on any atom is -0.484 e. The van der Waals surface area contributed by atoms with Gasteiger partial charge in [0.1, 0.15) is 11.6 Å². The molecule has 0 radical (unpaired) electrons. The molecule has 1 amide bonds. The van der Waals surface area contributed by atoms with Crippen molar-refractivity contribution in [3.8, 4) is 5.75 Å². The van der Waals surface area contributed by atoms with E-state index in [1.54, 1.807) is 0 Å². The normalized spacial score (nSPS) is 10.8. The molecule has 2 N–H and O–H groups in total. The third-order valence-electron chi connectivity index (χ3n) is 3.38. The van der Waals surface area contributed by atoms with Crippen LogP contribution in [0, 0.1) is 11.6 Å². The molecule has 0 aliphatic rings. The lowest BCUT2D eigenvalue weighted by molar-refractivity contribution is -0.123. The highest BCUT2D eigenvalue weighted by Crippen LogP contribution is 2.15. The Morgan fingerprint density at radius 3 is 2.79 bits per heavy atom. The number of hydrogen-bond donors (Lipinski definition) is 2. The van der Waals surface area contributed by atoms with Crippen molar-refractivity contribution in [2.24, 2.45) is 0 Å². The molecule has 0 fully saturated rings. The second-order valence-electron chi connectivity index (χ2n) is 5.17. The van der Waals surface area contributed by atoms with Crippen LogP contribution in [0.4, 0.5) is 8.78 Å². The number of aromatic amines is 1. The SMILES string of the molecule is O=C(COc1ccc(F)c(F)c1)NCCc1nc2ccccc2[nH]1. The number of nitrogens with one attached hydrogen (secondary N) is 2. The van der Waals surface area contributed by atoms with Crippen LogP contribution in [-0.4, -0.2) is 29.0 Å². The topological polar surface area (TPSA) is 67.0 Å². The van der Waals surface area contributed by atoms with Crippen molar-refractivity contribution in [3.63, 3.8) is 0 Å². The van der Waals surface area contributed by atoms with Gasteiger partial charge >= 0.3 is 0 Å². The van der Waals surface area contributed by atoms with Crippen molar-refractivity contribution in [2.75, 3.05) is 13.2 Å². The fraction of sp³-hybridized carbons (Fsp3) is 0.176. The number of ether oxygens (including phenoxy) is 1. The average Bonchev–Trinajstić information content (AvgIpc) is 2.98. The quantitative estimate of drug-likeness (QED) is 0.729. The number of halogens is 2. The van der Waals surface area contributed by atoms with E-state index in [0.29, 0.717) is 13.0 Å². The Labute approximate surface area is 136 Å². The highest BCUT2D eigenvalue weighted by atomic mass is 19.2. The molecule has 0 saturated heterocycles. The second kappa shape index (κ2) is 7.08. The molecule has 3 aromatic rings.